The lowest BCUT2D eigenvalue weighted by Gasteiger charge is -2.25. The molecule has 2 rings (SSSR count). The lowest BCUT2D eigenvalue weighted by molar-refractivity contribution is -0.137. The Bertz CT molecular complexity index is 345. The number of hydrogen-bond donors (Lipinski definition) is 2. The summed E-state index contributed by atoms with van der Waals surface area (Å²) in [6.07, 6.45) is 3.75. The molecule has 5 nitrogen and oxygen atoms in total. The van der Waals surface area contributed by atoms with Crippen LogP contribution in [0.3, 0.4) is 0 Å². The van der Waals surface area contributed by atoms with Crippen molar-refractivity contribution in [3.05, 3.63) is 0 Å². The minimum Gasteiger partial charge on any atom is -0.481 e. The van der Waals surface area contributed by atoms with Gasteiger partial charge in [-0.1, -0.05) is 20.3 Å². The van der Waals surface area contributed by atoms with Crippen LogP contribution in [-0.4, -0.2) is 41.1 Å². The Kier molecular flexibility index (Phi) is 4.32. The van der Waals surface area contributed by atoms with E-state index in [-0.39, 0.29) is 24.4 Å². The van der Waals surface area contributed by atoms with Gasteiger partial charge in [0.05, 0.1) is 6.42 Å². The Balaban J connectivity index is 1.87. The van der Waals surface area contributed by atoms with Gasteiger partial charge in [0.1, 0.15) is 0 Å². The fraction of sp³-hybridized carbons (Fsp3) is 0.857. The average Bonchev–Trinajstić information content (AvgIpc) is 2.86. The Labute approximate surface area is 114 Å². The number of fused-ring (bicyclic) bond motifs is 1. The molecule has 0 aromatic carbocycles. The maximum atomic E-state index is 12.2. The van der Waals surface area contributed by atoms with Gasteiger partial charge in [-0.05, 0) is 30.6 Å². The summed E-state index contributed by atoms with van der Waals surface area (Å²) in [6, 6.07) is -0.375. The number of carbonyl (C=O) groups is 2. The molecule has 2 fully saturated rings. The maximum Gasteiger partial charge on any atom is 0.317 e. The highest BCUT2D eigenvalue weighted by Crippen LogP contribution is 2.37. The van der Waals surface area contributed by atoms with Crippen LogP contribution in [-0.2, 0) is 4.79 Å². The van der Waals surface area contributed by atoms with Crippen molar-refractivity contribution >= 4 is 12.0 Å². The van der Waals surface area contributed by atoms with Gasteiger partial charge in [-0.3, -0.25) is 4.79 Å². The number of amides is 2. The molecule has 19 heavy (non-hydrogen) atoms. The van der Waals surface area contributed by atoms with Crippen molar-refractivity contribution in [1.82, 2.24) is 10.2 Å². The lowest BCUT2D eigenvalue weighted by atomic mass is 10.0. The molecule has 108 valence electrons. The monoisotopic (exact) mass is 268 g/mol. The molecule has 0 aromatic heterocycles. The minimum absolute atomic E-state index is 0.00982. The van der Waals surface area contributed by atoms with Crippen molar-refractivity contribution in [2.24, 2.45) is 17.8 Å². The van der Waals surface area contributed by atoms with Gasteiger partial charge in [-0.15, -0.1) is 0 Å². The number of carboxylic acids is 1. The number of aliphatic carboxylic acids is 1. The van der Waals surface area contributed by atoms with E-state index in [1.807, 2.05) is 18.7 Å². The molecule has 0 bridgehead atoms. The van der Waals surface area contributed by atoms with Crippen LogP contribution in [0.25, 0.3) is 0 Å². The van der Waals surface area contributed by atoms with Crippen molar-refractivity contribution in [2.75, 3.05) is 13.1 Å². The van der Waals surface area contributed by atoms with Crippen LogP contribution < -0.4 is 5.32 Å². The molecule has 2 amide bonds. The SMILES string of the molecule is CC(C)C(CC(=O)O)NC(=O)N1CC2CCCC2C1. The number of nitrogens with zero attached hydrogens (tertiary/aromatic N) is 1. The first kappa shape index (κ1) is 14.2. The van der Waals surface area contributed by atoms with Gasteiger partial charge in [0.25, 0.3) is 0 Å². The second-order valence-corrected chi connectivity index (χ2v) is 6.25. The first-order valence-electron chi connectivity index (χ1n) is 7.24. The molecule has 2 aliphatic rings. The fourth-order valence-electron chi connectivity index (χ4n) is 3.29. The predicted octanol–water partition coefficient (Wildman–Crippen LogP) is 1.93. The zero-order chi connectivity index (χ0) is 14.0. The molecule has 5 heteroatoms. The van der Waals surface area contributed by atoms with E-state index in [4.69, 9.17) is 5.11 Å². The van der Waals surface area contributed by atoms with Gasteiger partial charge in [0, 0.05) is 19.1 Å². The minimum atomic E-state index is -0.864. The van der Waals surface area contributed by atoms with E-state index in [2.05, 4.69) is 5.32 Å². The molecule has 1 heterocycles. The number of hydrogen-bond acceptors (Lipinski definition) is 2. The molecule has 3 unspecified atom stereocenters. The zero-order valence-electron chi connectivity index (χ0n) is 11.8. The third-order valence-electron chi connectivity index (χ3n) is 4.52. The Morgan fingerprint density at radius 2 is 1.84 bits per heavy atom. The first-order valence-corrected chi connectivity index (χ1v) is 7.24. The quantitative estimate of drug-likeness (QED) is 0.818. The highest BCUT2D eigenvalue weighted by molar-refractivity contribution is 5.76. The van der Waals surface area contributed by atoms with Crippen molar-refractivity contribution in [2.45, 2.75) is 45.6 Å². The van der Waals surface area contributed by atoms with Crippen LogP contribution in [0, 0.1) is 17.8 Å². The zero-order valence-corrected chi connectivity index (χ0v) is 11.8. The standard InChI is InChI=1S/C14H24N2O3/c1-9(2)12(6-13(17)18)15-14(19)16-7-10-4-3-5-11(10)8-16/h9-12H,3-8H2,1-2H3,(H,15,19)(H,17,18). The number of likely N-dealkylation sites (tertiary alicyclic amines) is 1. The molecular formula is C14H24N2O3. The van der Waals surface area contributed by atoms with Crippen molar-refractivity contribution < 1.29 is 14.7 Å². The van der Waals surface area contributed by atoms with Gasteiger partial charge in [0.2, 0.25) is 0 Å². The molecular weight excluding hydrogens is 244 g/mol. The summed E-state index contributed by atoms with van der Waals surface area (Å²) in [5, 5.41) is 11.8. The molecule has 2 N–H and O–H groups in total. The van der Waals surface area contributed by atoms with Crippen LogP contribution in [0.15, 0.2) is 0 Å². The number of carbonyl (C=O) groups excluding carboxylic acids is 1. The third kappa shape index (κ3) is 3.39. The molecule has 0 spiro atoms. The molecule has 1 aliphatic carbocycles. The highest BCUT2D eigenvalue weighted by Gasteiger charge is 2.38. The number of nitrogens with one attached hydrogen (secondary N) is 1. The largest absolute Gasteiger partial charge is 0.481 e. The molecule has 0 radical (unpaired) electrons. The van der Waals surface area contributed by atoms with Gasteiger partial charge < -0.3 is 15.3 Å². The second kappa shape index (κ2) is 5.80. The van der Waals surface area contributed by atoms with E-state index in [9.17, 15) is 9.59 Å². The summed E-state index contributed by atoms with van der Waals surface area (Å²) in [5.41, 5.74) is 0. The van der Waals surface area contributed by atoms with Gasteiger partial charge in [0.15, 0.2) is 0 Å². The number of rotatable bonds is 4. The maximum absolute atomic E-state index is 12.2. The average molecular weight is 268 g/mol. The first-order chi connectivity index (χ1) is 8.97. The lowest BCUT2D eigenvalue weighted by Crippen LogP contribution is -2.47. The van der Waals surface area contributed by atoms with Crippen LogP contribution in [0.4, 0.5) is 4.79 Å². The molecule has 0 aromatic rings. The summed E-state index contributed by atoms with van der Waals surface area (Å²) >= 11 is 0. The van der Waals surface area contributed by atoms with Gasteiger partial charge in [-0.25, -0.2) is 4.79 Å². The fourth-order valence-corrected chi connectivity index (χ4v) is 3.29. The number of urea groups is 1. The Morgan fingerprint density at radius 3 is 2.32 bits per heavy atom. The van der Waals surface area contributed by atoms with E-state index < -0.39 is 5.97 Å². The van der Waals surface area contributed by atoms with Crippen molar-refractivity contribution in [1.29, 1.82) is 0 Å². The van der Waals surface area contributed by atoms with E-state index in [1.165, 1.54) is 19.3 Å². The number of carboxylic acid groups (broad SMARTS) is 1. The summed E-state index contributed by atoms with van der Waals surface area (Å²) in [7, 11) is 0. The highest BCUT2D eigenvalue weighted by atomic mass is 16.4. The molecule has 3 atom stereocenters. The predicted molar refractivity (Wildman–Crippen MR) is 71.8 cm³/mol. The van der Waals surface area contributed by atoms with Crippen LogP contribution in [0.1, 0.15) is 39.5 Å². The van der Waals surface area contributed by atoms with Gasteiger partial charge in [-0.2, -0.15) is 0 Å². The Hall–Kier alpha value is -1.26. The van der Waals surface area contributed by atoms with Crippen molar-refractivity contribution in [3.8, 4) is 0 Å². The summed E-state index contributed by atoms with van der Waals surface area (Å²) in [6.45, 7) is 5.56. The molecule has 1 aliphatic heterocycles. The van der Waals surface area contributed by atoms with Crippen LogP contribution in [0.5, 0.6) is 0 Å². The van der Waals surface area contributed by atoms with E-state index in [0.717, 1.165) is 13.1 Å². The summed E-state index contributed by atoms with van der Waals surface area (Å²) in [4.78, 5) is 24.9. The van der Waals surface area contributed by atoms with E-state index in [1.54, 1.807) is 0 Å². The Morgan fingerprint density at radius 1 is 1.26 bits per heavy atom. The van der Waals surface area contributed by atoms with E-state index in [0.29, 0.717) is 11.8 Å². The topological polar surface area (TPSA) is 69.6 Å². The normalized spacial score (nSPS) is 27.4. The molecule has 1 saturated carbocycles. The third-order valence-corrected chi connectivity index (χ3v) is 4.52. The van der Waals surface area contributed by atoms with E-state index >= 15 is 0 Å². The van der Waals surface area contributed by atoms with Crippen LogP contribution >= 0.6 is 0 Å². The van der Waals surface area contributed by atoms with Crippen molar-refractivity contribution in [3.63, 3.8) is 0 Å². The van der Waals surface area contributed by atoms with Gasteiger partial charge >= 0.3 is 12.0 Å². The van der Waals surface area contributed by atoms with Crippen LogP contribution in [0.2, 0.25) is 0 Å². The second-order valence-electron chi connectivity index (χ2n) is 6.25. The summed E-state index contributed by atoms with van der Waals surface area (Å²) < 4.78 is 0. The summed E-state index contributed by atoms with van der Waals surface area (Å²) in [5.74, 6) is 0.602. The smallest absolute Gasteiger partial charge is 0.317 e. The molecule has 1 saturated heterocycles.